The predicted octanol–water partition coefficient (Wildman–Crippen LogP) is 2.08. The topological polar surface area (TPSA) is 55.2 Å². The van der Waals surface area contributed by atoms with Crippen molar-refractivity contribution >= 4 is 17.1 Å². The number of rotatable bonds is 2. The van der Waals surface area contributed by atoms with Crippen molar-refractivity contribution in [2.75, 3.05) is 6.61 Å². The molecule has 0 aromatic carbocycles. The molecule has 14 heavy (non-hydrogen) atoms. The summed E-state index contributed by atoms with van der Waals surface area (Å²) in [7, 11) is 0. The minimum Gasteiger partial charge on any atom is -0.461 e. The molecule has 0 fully saturated rings. The lowest BCUT2D eigenvalue weighted by molar-refractivity contribution is 0.0520. The quantitative estimate of drug-likeness (QED) is 0.750. The number of furan rings is 1. The molecular formula is C9H8FNO3. The largest absolute Gasteiger partial charge is 0.461 e. The van der Waals surface area contributed by atoms with E-state index in [0.29, 0.717) is 17.7 Å². The number of hydrogen-bond donors (Lipinski definition) is 1. The van der Waals surface area contributed by atoms with Crippen LogP contribution in [0.15, 0.2) is 16.5 Å². The Morgan fingerprint density at radius 2 is 2.43 bits per heavy atom. The van der Waals surface area contributed by atoms with E-state index in [2.05, 4.69) is 9.40 Å². The second kappa shape index (κ2) is 3.17. The van der Waals surface area contributed by atoms with E-state index in [1.807, 2.05) is 0 Å². The first-order valence-corrected chi connectivity index (χ1v) is 4.16. The molecule has 2 rings (SSSR count). The summed E-state index contributed by atoms with van der Waals surface area (Å²) in [5, 5.41) is 0. The van der Waals surface area contributed by atoms with E-state index < -0.39 is 12.0 Å². The highest BCUT2D eigenvalue weighted by molar-refractivity contribution is 5.93. The molecule has 1 N–H and O–H groups in total. The van der Waals surface area contributed by atoms with Gasteiger partial charge < -0.3 is 14.1 Å². The summed E-state index contributed by atoms with van der Waals surface area (Å²) in [5.74, 6) is -0.473. The fourth-order valence-corrected chi connectivity index (χ4v) is 1.21. The van der Waals surface area contributed by atoms with Gasteiger partial charge in [0.2, 0.25) is 0 Å². The smallest absolute Gasteiger partial charge is 0.354 e. The van der Waals surface area contributed by atoms with Crippen LogP contribution in [-0.4, -0.2) is 17.6 Å². The molecule has 0 unspecified atom stereocenters. The summed E-state index contributed by atoms with van der Waals surface area (Å²) in [6.07, 6.45) is 0. The van der Waals surface area contributed by atoms with Crippen LogP contribution in [0.4, 0.5) is 4.39 Å². The molecule has 4 nitrogen and oxygen atoms in total. The van der Waals surface area contributed by atoms with Crippen LogP contribution in [0.5, 0.6) is 0 Å². The van der Waals surface area contributed by atoms with E-state index in [4.69, 9.17) is 4.74 Å². The third-order valence-electron chi connectivity index (χ3n) is 1.77. The molecule has 5 heteroatoms. The first-order chi connectivity index (χ1) is 6.70. The Bertz CT molecular complexity index is 440. The second-order valence-electron chi connectivity index (χ2n) is 2.73. The fourth-order valence-electron chi connectivity index (χ4n) is 1.21. The van der Waals surface area contributed by atoms with Crippen molar-refractivity contribution in [2.45, 2.75) is 6.92 Å². The van der Waals surface area contributed by atoms with E-state index in [1.165, 1.54) is 12.1 Å². The zero-order chi connectivity index (χ0) is 10.1. The molecule has 74 valence electrons. The molecule has 0 amide bonds. The Labute approximate surface area is 78.7 Å². The summed E-state index contributed by atoms with van der Waals surface area (Å²) < 4.78 is 22.0. The zero-order valence-electron chi connectivity index (χ0n) is 7.46. The minimum atomic E-state index is -0.679. The van der Waals surface area contributed by atoms with Crippen LogP contribution in [0.3, 0.4) is 0 Å². The lowest BCUT2D eigenvalue weighted by Gasteiger charge is -1.96. The molecule has 0 aliphatic heterocycles. The third-order valence-corrected chi connectivity index (χ3v) is 1.77. The van der Waals surface area contributed by atoms with Crippen LogP contribution in [0.2, 0.25) is 0 Å². The van der Waals surface area contributed by atoms with Gasteiger partial charge in [0.1, 0.15) is 5.69 Å². The highest BCUT2D eigenvalue weighted by atomic mass is 19.1. The SMILES string of the molecule is CCOC(=O)c1cc2oc(F)cc2[nH]1. The average Bonchev–Trinajstić information content (AvgIpc) is 2.61. The molecule has 0 bridgehead atoms. The Morgan fingerprint density at radius 1 is 1.64 bits per heavy atom. The number of H-pyrrole nitrogens is 1. The number of carbonyl (C=O) groups is 1. The van der Waals surface area contributed by atoms with Gasteiger partial charge in [-0.2, -0.15) is 4.39 Å². The van der Waals surface area contributed by atoms with E-state index in [-0.39, 0.29) is 5.69 Å². The Balaban J connectivity index is 2.36. The van der Waals surface area contributed by atoms with Gasteiger partial charge in [0.15, 0.2) is 5.58 Å². The lowest BCUT2D eigenvalue weighted by atomic mass is 10.4. The number of hydrogen-bond acceptors (Lipinski definition) is 3. The van der Waals surface area contributed by atoms with E-state index in [0.717, 1.165) is 0 Å². The first-order valence-electron chi connectivity index (χ1n) is 4.16. The average molecular weight is 197 g/mol. The van der Waals surface area contributed by atoms with Crippen molar-refractivity contribution < 1.29 is 18.3 Å². The number of nitrogens with one attached hydrogen (secondary N) is 1. The Morgan fingerprint density at radius 3 is 3.07 bits per heavy atom. The Hall–Kier alpha value is -1.78. The van der Waals surface area contributed by atoms with E-state index in [1.54, 1.807) is 6.92 Å². The van der Waals surface area contributed by atoms with Gasteiger partial charge in [0, 0.05) is 12.1 Å². The normalized spacial score (nSPS) is 10.7. The number of aromatic nitrogens is 1. The Kier molecular flexibility index (Phi) is 1.99. The van der Waals surface area contributed by atoms with Gasteiger partial charge in [-0.25, -0.2) is 4.79 Å². The predicted molar refractivity (Wildman–Crippen MR) is 46.5 cm³/mol. The van der Waals surface area contributed by atoms with Crippen molar-refractivity contribution in [3.63, 3.8) is 0 Å². The standard InChI is InChI=1S/C9H8FNO3/c1-2-13-9(12)6-3-7-5(11-6)4-8(10)14-7/h3-4,11H,2H2,1H3. The van der Waals surface area contributed by atoms with Crippen LogP contribution in [0.25, 0.3) is 11.1 Å². The number of fused-ring (bicyclic) bond motifs is 1. The lowest BCUT2D eigenvalue weighted by Crippen LogP contribution is -2.04. The summed E-state index contributed by atoms with van der Waals surface area (Å²) in [6.45, 7) is 2.01. The monoisotopic (exact) mass is 197 g/mol. The van der Waals surface area contributed by atoms with Crippen LogP contribution in [0.1, 0.15) is 17.4 Å². The molecule has 2 aromatic heterocycles. The van der Waals surface area contributed by atoms with Crippen molar-refractivity contribution in [1.82, 2.24) is 4.98 Å². The molecule has 0 spiro atoms. The first kappa shape index (κ1) is 8.80. The summed E-state index contributed by atoms with van der Waals surface area (Å²) in [4.78, 5) is 13.9. The maximum atomic E-state index is 12.5. The highest BCUT2D eigenvalue weighted by Crippen LogP contribution is 2.19. The molecule has 0 radical (unpaired) electrons. The number of esters is 1. The molecule has 0 aliphatic rings. The zero-order valence-corrected chi connectivity index (χ0v) is 7.46. The maximum Gasteiger partial charge on any atom is 0.354 e. The van der Waals surface area contributed by atoms with Gasteiger partial charge in [-0.15, -0.1) is 0 Å². The summed E-state index contributed by atoms with van der Waals surface area (Å²) in [5.41, 5.74) is 1.02. The second-order valence-corrected chi connectivity index (χ2v) is 2.73. The number of halogens is 1. The van der Waals surface area contributed by atoms with Crippen LogP contribution in [0, 0.1) is 6.01 Å². The number of ether oxygens (including phenoxy) is 1. The van der Waals surface area contributed by atoms with Gasteiger partial charge in [0.05, 0.1) is 12.1 Å². The third kappa shape index (κ3) is 1.37. The van der Waals surface area contributed by atoms with Crippen molar-refractivity contribution in [2.24, 2.45) is 0 Å². The molecular weight excluding hydrogens is 189 g/mol. The summed E-state index contributed by atoms with van der Waals surface area (Å²) >= 11 is 0. The molecule has 2 heterocycles. The van der Waals surface area contributed by atoms with Crippen molar-refractivity contribution in [3.05, 3.63) is 23.8 Å². The van der Waals surface area contributed by atoms with Gasteiger partial charge in [-0.1, -0.05) is 0 Å². The highest BCUT2D eigenvalue weighted by Gasteiger charge is 2.13. The van der Waals surface area contributed by atoms with Gasteiger partial charge in [-0.3, -0.25) is 0 Å². The maximum absolute atomic E-state index is 12.5. The van der Waals surface area contributed by atoms with Crippen LogP contribution in [-0.2, 0) is 4.74 Å². The van der Waals surface area contributed by atoms with E-state index >= 15 is 0 Å². The molecule has 0 aliphatic carbocycles. The number of carbonyl (C=O) groups excluding carboxylic acids is 1. The van der Waals surface area contributed by atoms with Gasteiger partial charge >= 0.3 is 5.97 Å². The van der Waals surface area contributed by atoms with Gasteiger partial charge in [-0.05, 0) is 6.92 Å². The fraction of sp³-hybridized carbons (Fsp3) is 0.222. The van der Waals surface area contributed by atoms with Crippen molar-refractivity contribution in [1.29, 1.82) is 0 Å². The number of aromatic amines is 1. The minimum absolute atomic E-state index is 0.264. The van der Waals surface area contributed by atoms with Crippen LogP contribution >= 0.6 is 0 Å². The van der Waals surface area contributed by atoms with Crippen LogP contribution < -0.4 is 0 Å². The van der Waals surface area contributed by atoms with E-state index in [9.17, 15) is 9.18 Å². The van der Waals surface area contributed by atoms with Crippen molar-refractivity contribution in [3.8, 4) is 0 Å². The summed E-state index contributed by atoms with van der Waals surface area (Å²) in [6, 6.07) is 1.91. The molecule has 0 saturated heterocycles. The molecule has 0 saturated carbocycles. The molecule has 0 atom stereocenters. The molecule has 2 aromatic rings. The van der Waals surface area contributed by atoms with Gasteiger partial charge in [0.25, 0.3) is 6.01 Å².